The predicted octanol–water partition coefficient (Wildman–Crippen LogP) is -2.55. The van der Waals surface area contributed by atoms with Gasteiger partial charge in [-0.2, -0.15) is 0 Å². The molecule has 2 fully saturated rings. The van der Waals surface area contributed by atoms with Crippen LogP contribution in [-0.2, 0) is 30.3 Å². The van der Waals surface area contributed by atoms with Crippen LogP contribution in [-0.4, -0.2) is 80.4 Å². The maximum Gasteiger partial charge on any atom is 0.324 e. The molecule has 21 heavy (non-hydrogen) atoms. The summed E-state index contributed by atoms with van der Waals surface area (Å²) in [7, 11) is 3.72. The van der Waals surface area contributed by atoms with Crippen molar-refractivity contribution in [3.05, 3.63) is 0 Å². The first kappa shape index (κ1) is 17.8. The van der Waals surface area contributed by atoms with E-state index in [9.17, 15) is 15.1 Å². The summed E-state index contributed by atoms with van der Waals surface area (Å²) in [4.78, 5) is 10.1. The smallest absolute Gasteiger partial charge is 0.324 e. The van der Waals surface area contributed by atoms with E-state index >= 15 is 0 Å². The molecule has 2 saturated heterocycles. The van der Waals surface area contributed by atoms with Crippen molar-refractivity contribution >= 4 is 34.2 Å². The quantitative estimate of drug-likeness (QED) is 0.360. The molecular formula is C10H21B2O7PS. The highest BCUT2D eigenvalue weighted by atomic mass is 32.5. The maximum absolute atomic E-state index is 10.1. The number of rotatable bonds is 6. The van der Waals surface area contributed by atoms with Gasteiger partial charge < -0.3 is 33.6 Å². The molecule has 2 aliphatic rings. The Kier molecular flexibility index (Phi) is 6.27. The highest BCUT2D eigenvalue weighted by molar-refractivity contribution is 8.07. The number of hydrogen-bond acceptors (Lipinski definition) is 7. The molecule has 0 amide bonds. The van der Waals surface area contributed by atoms with Crippen LogP contribution in [0.5, 0.6) is 0 Å². The highest BCUT2D eigenvalue weighted by Gasteiger charge is 2.38. The molecule has 0 spiro atoms. The van der Waals surface area contributed by atoms with E-state index in [1.54, 1.807) is 0 Å². The fourth-order valence-corrected chi connectivity index (χ4v) is 4.12. The molecule has 2 aliphatic heterocycles. The molecule has 1 unspecified atom stereocenters. The van der Waals surface area contributed by atoms with Crippen molar-refractivity contribution in [3.8, 4) is 0 Å². The fraction of sp³-hybridized carbons (Fsp3) is 1.00. The van der Waals surface area contributed by atoms with Crippen molar-refractivity contribution in [2.24, 2.45) is 0 Å². The Labute approximate surface area is 131 Å². The van der Waals surface area contributed by atoms with E-state index < -0.39 is 31.1 Å². The monoisotopic (exact) mass is 338 g/mol. The minimum Gasteiger partial charge on any atom is -0.394 e. The third kappa shape index (κ3) is 4.99. The second-order valence-electron chi connectivity index (χ2n) is 5.60. The summed E-state index contributed by atoms with van der Waals surface area (Å²) < 4.78 is 21.6. The minimum atomic E-state index is -3.47. The van der Waals surface area contributed by atoms with Gasteiger partial charge >= 0.3 is 6.72 Å². The Bertz CT molecular complexity index is 404. The summed E-state index contributed by atoms with van der Waals surface area (Å²) in [6.45, 7) is -3.69. The van der Waals surface area contributed by atoms with Crippen molar-refractivity contribution in [1.29, 1.82) is 0 Å². The van der Waals surface area contributed by atoms with Crippen LogP contribution in [0.3, 0.4) is 0 Å². The van der Waals surface area contributed by atoms with E-state index in [1.165, 1.54) is 0 Å². The Morgan fingerprint density at radius 3 is 2.38 bits per heavy atom. The predicted molar refractivity (Wildman–Crippen MR) is 84.1 cm³/mol. The second kappa shape index (κ2) is 7.38. The van der Waals surface area contributed by atoms with Crippen LogP contribution < -0.4 is 0 Å². The molecule has 7 atom stereocenters. The van der Waals surface area contributed by atoms with Gasteiger partial charge in [-0.05, 0) is 24.6 Å². The Morgan fingerprint density at radius 1 is 1.19 bits per heavy atom. The van der Waals surface area contributed by atoms with Gasteiger partial charge in [0.1, 0.15) is 27.9 Å². The third-order valence-corrected chi connectivity index (χ3v) is 5.23. The molecule has 0 aromatic heterocycles. The van der Waals surface area contributed by atoms with Gasteiger partial charge in [0.25, 0.3) is 0 Å². The average molecular weight is 338 g/mol. The van der Waals surface area contributed by atoms with Crippen LogP contribution in [0.1, 0.15) is 12.8 Å². The fourth-order valence-electron chi connectivity index (χ4n) is 2.65. The van der Waals surface area contributed by atoms with Crippen LogP contribution in [0, 0.1) is 0 Å². The lowest BCUT2D eigenvalue weighted by Crippen LogP contribution is -2.29. The highest BCUT2D eigenvalue weighted by Crippen LogP contribution is 2.47. The van der Waals surface area contributed by atoms with E-state index in [-0.39, 0.29) is 25.2 Å². The van der Waals surface area contributed by atoms with Gasteiger partial charge in [-0.3, -0.25) is 0 Å². The largest absolute Gasteiger partial charge is 0.394 e. The van der Waals surface area contributed by atoms with Crippen LogP contribution in [0.4, 0.5) is 0 Å². The van der Waals surface area contributed by atoms with E-state index in [0.717, 1.165) is 0 Å². The van der Waals surface area contributed by atoms with Gasteiger partial charge in [0.05, 0.1) is 25.4 Å². The molecule has 3 N–H and O–H groups in total. The first-order valence-corrected chi connectivity index (χ1v) is 9.65. The summed E-state index contributed by atoms with van der Waals surface area (Å²) in [5, 5.41) is 19.0. The van der Waals surface area contributed by atoms with Crippen LogP contribution in [0.2, 0.25) is 0 Å². The van der Waals surface area contributed by atoms with Crippen LogP contribution in [0.25, 0.3) is 0 Å². The van der Waals surface area contributed by atoms with E-state index in [4.69, 9.17) is 30.3 Å². The van der Waals surface area contributed by atoms with Crippen molar-refractivity contribution in [1.82, 2.24) is 0 Å². The Hall–Kier alpha value is 0.500. The summed E-state index contributed by atoms with van der Waals surface area (Å²) in [6.07, 6.45) is -1.07. The maximum atomic E-state index is 10.1. The number of ether oxygens (including phenoxy) is 2. The standard InChI is InChI=1S/C10H21B2O7PS/c11-9-1-5(14)8(18-9)4-16-20(15,21)19-6-2-10(12)17-7(6)3-13/h5-10,13-14H,1-4,11-12H2,(H,15,21)/t5-,6-,7-,8-,9-,10-,20?/m1/s1. The number of hydrogen-bond donors (Lipinski definition) is 3. The van der Waals surface area contributed by atoms with Crippen molar-refractivity contribution in [3.63, 3.8) is 0 Å². The molecule has 0 aliphatic carbocycles. The van der Waals surface area contributed by atoms with E-state index in [2.05, 4.69) is 0 Å². The summed E-state index contributed by atoms with van der Waals surface area (Å²) in [5.74, 6) is 0. The van der Waals surface area contributed by atoms with Crippen molar-refractivity contribution in [2.75, 3.05) is 13.2 Å². The number of aliphatic hydroxyl groups is 2. The van der Waals surface area contributed by atoms with Crippen molar-refractivity contribution < 1.29 is 33.6 Å². The lowest BCUT2D eigenvalue weighted by Gasteiger charge is -2.24. The molecule has 11 heteroatoms. The molecule has 2 rings (SSSR count). The molecule has 0 aromatic rings. The normalized spacial score (nSPS) is 43.0. The van der Waals surface area contributed by atoms with Gasteiger partial charge in [-0.25, -0.2) is 0 Å². The Morgan fingerprint density at radius 2 is 1.81 bits per heavy atom. The number of aliphatic hydroxyl groups excluding tert-OH is 2. The molecule has 2 heterocycles. The lowest BCUT2D eigenvalue weighted by molar-refractivity contribution is -0.0171. The molecule has 120 valence electrons. The topological polar surface area (TPSA) is 97.6 Å². The van der Waals surface area contributed by atoms with Gasteiger partial charge in [-0.15, -0.1) is 0 Å². The summed E-state index contributed by atoms with van der Waals surface area (Å²) >= 11 is 4.97. The molecule has 0 bridgehead atoms. The summed E-state index contributed by atoms with van der Waals surface area (Å²) in [6, 6.07) is -0.114. The van der Waals surface area contributed by atoms with Crippen molar-refractivity contribution in [2.45, 2.75) is 49.3 Å². The van der Waals surface area contributed by atoms with Gasteiger partial charge in [-0.1, -0.05) is 0 Å². The third-order valence-electron chi connectivity index (χ3n) is 3.65. The molecule has 0 saturated carbocycles. The average Bonchev–Trinajstić information content (AvgIpc) is 2.88. The zero-order valence-electron chi connectivity index (χ0n) is 12.1. The molecular weight excluding hydrogens is 317 g/mol. The molecule has 7 nitrogen and oxygen atoms in total. The summed E-state index contributed by atoms with van der Waals surface area (Å²) in [5.41, 5.74) is 0. The molecule has 0 radical (unpaired) electrons. The van der Waals surface area contributed by atoms with Gasteiger partial charge in [0.2, 0.25) is 0 Å². The first-order chi connectivity index (χ1) is 9.80. The SMILES string of the molecule is B[C@H]1C[C@@H](O)[C@@H](COP(O)(=S)O[C@@H]2C[C@H](B)O[C@@H]2CO)O1. The lowest BCUT2D eigenvalue weighted by atomic mass is 9.96. The zero-order valence-corrected chi connectivity index (χ0v) is 13.8. The van der Waals surface area contributed by atoms with Crippen LogP contribution >= 0.6 is 6.72 Å². The minimum absolute atomic E-state index is 0.0216. The second-order valence-corrected chi connectivity index (χ2v) is 8.39. The zero-order chi connectivity index (χ0) is 15.6. The molecule has 0 aromatic carbocycles. The first-order valence-electron chi connectivity index (χ1n) is 7.06. The van der Waals surface area contributed by atoms with Gasteiger partial charge in [0, 0.05) is 12.0 Å². The van der Waals surface area contributed by atoms with Gasteiger partial charge in [0.15, 0.2) is 0 Å². The van der Waals surface area contributed by atoms with Crippen LogP contribution in [0.15, 0.2) is 0 Å². The van der Waals surface area contributed by atoms with E-state index in [0.29, 0.717) is 12.8 Å². The van der Waals surface area contributed by atoms with E-state index in [1.807, 2.05) is 15.7 Å². The Balaban J connectivity index is 1.83.